The van der Waals surface area contributed by atoms with Gasteiger partial charge in [0.2, 0.25) is 0 Å². The number of piperazine rings is 1. The SMILES string of the molecule is CN(C)Cc1nc(C(=O)NCc2cccnc2N2CCN(C)CC2)cs1. The Morgan fingerprint density at radius 3 is 2.81 bits per heavy atom. The zero-order chi connectivity index (χ0) is 18.5. The van der Waals surface area contributed by atoms with Gasteiger partial charge in [0.15, 0.2) is 0 Å². The Bertz CT molecular complexity index is 739. The van der Waals surface area contributed by atoms with Crippen molar-refractivity contribution in [3.63, 3.8) is 0 Å². The van der Waals surface area contributed by atoms with Crippen LogP contribution in [0.2, 0.25) is 0 Å². The van der Waals surface area contributed by atoms with Crippen LogP contribution < -0.4 is 10.2 Å². The van der Waals surface area contributed by atoms with E-state index in [0.29, 0.717) is 12.2 Å². The monoisotopic (exact) mass is 374 g/mol. The third-order valence-electron chi connectivity index (χ3n) is 4.35. The Hall–Kier alpha value is -2.03. The van der Waals surface area contributed by atoms with Crippen molar-refractivity contribution in [3.8, 4) is 0 Å². The molecule has 0 radical (unpaired) electrons. The molecule has 2 aromatic heterocycles. The van der Waals surface area contributed by atoms with Crippen LogP contribution in [0.15, 0.2) is 23.7 Å². The summed E-state index contributed by atoms with van der Waals surface area (Å²) in [6, 6.07) is 3.94. The number of nitrogens with one attached hydrogen (secondary N) is 1. The molecule has 0 spiro atoms. The summed E-state index contributed by atoms with van der Waals surface area (Å²) < 4.78 is 0. The molecule has 7 nitrogen and oxygen atoms in total. The second-order valence-electron chi connectivity index (χ2n) is 6.82. The van der Waals surface area contributed by atoms with Crippen molar-refractivity contribution in [2.45, 2.75) is 13.1 Å². The Labute approximate surface area is 158 Å². The molecule has 3 heterocycles. The minimum atomic E-state index is -0.139. The van der Waals surface area contributed by atoms with Crippen molar-refractivity contribution < 1.29 is 4.79 Å². The van der Waals surface area contributed by atoms with Gasteiger partial charge in [-0.15, -0.1) is 11.3 Å². The number of anilines is 1. The van der Waals surface area contributed by atoms with Crippen LogP contribution >= 0.6 is 11.3 Å². The van der Waals surface area contributed by atoms with E-state index in [9.17, 15) is 4.79 Å². The van der Waals surface area contributed by atoms with Gasteiger partial charge >= 0.3 is 0 Å². The average molecular weight is 375 g/mol. The molecule has 0 bridgehead atoms. The summed E-state index contributed by atoms with van der Waals surface area (Å²) in [5, 5.41) is 5.75. The molecular weight excluding hydrogens is 348 g/mol. The van der Waals surface area contributed by atoms with Crippen molar-refractivity contribution in [2.24, 2.45) is 0 Å². The summed E-state index contributed by atoms with van der Waals surface area (Å²) in [7, 11) is 6.11. The van der Waals surface area contributed by atoms with Gasteiger partial charge in [0.1, 0.15) is 16.5 Å². The number of rotatable bonds is 6. The zero-order valence-electron chi connectivity index (χ0n) is 15.6. The molecule has 2 aromatic rings. The van der Waals surface area contributed by atoms with Crippen molar-refractivity contribution in [3.05, 3.63) is 40.0 Å². The highest BCUT2D eigenvalue weighted by molar-refractivity contribution is 7.09. The normalized spacial score (nSPS) is 15.5. The molecule has 140 valence electrons. The van der Waals surface area contributed by atoms with Gasteiger partial charge in [-0.2, -0.15) is 0 Å². The van der Waals surface area contributed by atoms with E-state index in [1.807, 2.05) is 42.7 Å². The maximum atomic E-state index is 12.4. The molecule has 1 saturated heterocycles. The highest BCUT2D eigenvalue weighted by Gasteiger charge is 2.18. The second-order valence-corrected chi connectivity index (χ2v) is 7.77. The number of amides is 1. The van der Waals surface area contributed by atoms with Crippen LogP contribution in [0.5, 0.6) is 0 Å². The number of carbonyl (C=O) groups is 1. The van der Waals surface area contributed by atoms with E-state index in [4.69, 9.17) is 0 Å². The molecule has 3 rings (SSSR count). The van der Waals surface area contributed by atoms with Gasteiger partial charge in [-0.3, -0.25) is 4.79 Å². The maximum absolute atomic E-state index is 12.4. The number of aromatic nitrogens is 2. The van der Waals surface area contributed by atoms with Gasteiger partial charge in [-0.05, 0) is 27.2 Å². The fourth-order valence-electron chi connectivity index (χ4n) is 2.90. The fourth-order valence-corrected chi connectivity index (χ4v) is 3.79. The minimum absolute atomic E-state index is 0.139. The second kappa shape index (κ2) is 8.57. The minimum Gasteiger partial charge on any atom is -0.354 e. The first-order chi connectivity index (χ1) is 12.5. The molecule has 0 aromatic carbocycles. The first-order valence-electron chi connectivity index (χ1n) is 8.77. The third-order valence-corrected chi connectivity index (χ3v) is 5.18. The Morgan fingerprint density at radius 2 is 2.08 bits per heavy atom. The van der Waals surface area contributed by atoms with Gasteiger partial charge in [-0.25, -0.2) is 9.97 Å². The Morgan fingerprint density at radius 1 is 1.31 bits per heavy atom. The first kappa shape index (κ1) is 18.8. The number of hydrogen-bond donors (Lipinski definition) is 1. The van der Waals surface area contributed by atoms with Gasteiger partial charge in [0, 0.05) is 56.4 Å². The average Bonchev–Trinajstić information content (AvgIpc) is 3.08. The lowest BCUT2D eigenvalue weighted by Crippen LogP contribution is -2.45. The Balaban J connectivity index is 1.62. The van der Waals surface area contributed by atoms with Crippen LogP contribution in [0.25, 0.3) is 0 Å². The van der Waals surface area contributed by atoms with E-state index in [1.165, 1.54) is 11.3 Å². The zero-order valence-corrected chi connectivity index (χ0v) is 16.4. The predicted molar refractivity (Wildman–Crippen MR) is 105 cm³/mol. The summed E-state index contributed by atoms with van der Waals surface area (Å²) in [6.07, 6.45) is 1.81. The third kappa shape index (κ3) is 4.78. The van der Waals surface area contributed by atoms with Gasteiger partial charge in [-0.1, -0.05) is 6.07 Å². The molecular formula is C18H26N6OS. The number of pyridine rings is 1. The van der Waals surface area contributed by atoms with E-state index in [0.717, 1.165) is 49.1 Å². The van der Waals surface area contributed by atoms with Crippen LogP contribution in [0.4, 0.5) is 5.82 Å². The highest BCUT2D eigenvalue weighted by Crippen LogP contribution is 2.19. The highest BCUT2D eigenvalue weighted by atomic mass is 32.1. The number of hydrogen-bond acceptors (Lipinski definition) is 7. The van der Waals surface area contributed by atoms with Gasteiger partial charge < -0.3 is 20.0 Å². The van der Waals surface area contributed by atoms with E-state index >= 15 is 0 Å². The van der Waals surface area contributed by atoms with Gasteiger partial charge in [0.05, 0.1) is 0 Å². The van der Waals surface area contributed by atoms with Crippen LogP contribution in [-0.4, -0.2) is 73.0 Å². The van der Waals surface area contributed by atoms with Crippen LogP contribution in [0.3, 0.4) is 0 Å². The summed E-state index contributed by atoms with van der Waals surface area (Å²) in [6.45, 7) is 5.15. The lowest BCUT2D eigenvalue weighted by atomic mass is 10.2. The maximum Gasteiger partial charge on any atom is 0.271 e. The number of thiazole rings is 1. The molecule has 1 aliphatic rings. The number of carbonyl (C=O) groups excluding carboxylic acids is 1. The molecule has 1 aliphatic heterocycles. The smallest absolute Gasteiger partial charge is 0.271 e. The van der Waals surface area contributed by atoms with Crippen LogP contribution in [0.1, 0.15) is 21.1 Å². The molecule has 0 aliphatic carbocycles. The van der Waals surface area contributed by atoms with E-state index in [1.54, 1.807) is 0 Å². The molecule has 8 heteroatoms. The quantitative estimate of drug-likeness (QED) is 0.822. The predicted octanol–water partition coefficient (Wildman–Crippen LogP) is 1.28. The first-order valence-corrected chi connectivity index (χ1v) is 9.65. The van der Waals surface area contributed by atoms with Crippen LogP contribution in [-0.2, 0) is 13.1 Å². The molecule has 26 heavy (non-hydrogen) atoms. The summed E-state index contributed by atoms with van der Waals surface area (Å²) in [5.74, 6) is 0.826. The van der Waals surface area contributed by atoms with Crippen molar-refractivity contribution >= 4 is 23.1 Å². The van der Waals surface area contributed by atoms with E-state index < -0.39 is 0 Å². The van der Waals surface area contributed by atoms with Gasteiger partial charge in [0.25, 0.3) is 5.91 Å². The van der Waals surface area contributed by atoms with Crippen molar-refractivity contribution in [1.82, 2.24) is 25.1 Å². The molecule has 1 fully saturated rings. The molecule has 1 N–H and O–H groups in total. The lowest BCUT2D eigenvalue weighted by molar-refractivity contribution is 0.0946. The van der Waals surface area contributed by atoms with E-state index in [2.05, 4.69) is 32.1 Å². The lowest BCUT2D eigenvalue weighted by Gasteiger charge is -2.34. The summed E-state index contributed by atoms with van der Waals surface area (Å²) in [4.78, 5) is 28.0. The molecule has 0 unspecified atom stereocenters. The van der Waals surface area contributed by atoms with E-state index in [-0.39, 0.29) is 5.91 Å². The van der Waals surface area contributed by atoms with Crippen molar-refractivity contribution in [2.75, 3.05) is 52.2 Å². The molecule has 0 saturated carbocycles. The molecule has 0 atom stereocenters. The molecule has 1 amide bonds. The summed E-state index contributed by atoms with van der Waals surface area (Å²) >= 11 is 1.52. The Kier molecular flexibility index (Phi) is 6.18. The number of likely N-dealkylation sites (N-methyl/N-ethyl adjacent to an activating group) is 1. The number of nitrogens with zero attached hydrogens (tertiary/aromatic N) is 5. The fraction of sp³-hybridized carbons (Fsp3) is 0.500. The van der Waals surface area contributed by atoms with Crippen LogP contribution in [0, 0.1) is 0 Å². The topological polar surface area (TPSA) is 64.6 Å². The summed E-state index contributed by atoms with van der Waals surface area (Å²) in [5.41, 5.74) is 1.52. The largest absolute Gasteiger partial charge is 0.354 e. The van der Waals surface area contributed by atoms with Crippen molar-refractivity contribution in [1.29, 1.82) is 0 Å². The standard InChI is InChI=1S/C18H26N6OS/c1-22(2)12-16-21-15(13-26-16)18(25)20-11-14-5-4-6-19-17(14)24-9-7-23(3)8-10-24/h4-6,13H,7-12H2,1-3H3,(H,20,25).